The quantitative estimate of drug-likeness (QED) is 0.160. The first-order chi connectivity index (χ1) is 37.7. The van der Waals surface area contributed by atoms with Crippen LogP contribution in [0.15, 0.2) is 270 Å². The molecule has 0 N–H and O–H groups in total. The van der Waals surface area contributed by atoms with E-state index in [4.69, 9.17) is 8.83 Å². The zero-order chi connectivity index (χ0) is 49.8. The molecule has 0 amide bonds. The summed E-state index contributed by atoms with van der Waals surface area (Å²) in [4.78, 5) is 0. The molecule has 0 bridgehead atoms. The molecule has 0 fully saturated rings. The Morgan fingerprint density at radius 1 is 0.329 bits per heavy atom. The number of nitrogens with zero attached hydrogens (tertiary/aromatic N) is 2. The number of hydrogen-bond donors (Lipinski definition) is 0. The first-order valence-corrected chi connectivity index (χ1v) is 26.2. The van der Waals surface area contributed by atoms with Gasteiger partial charge in [-0.25, -0.2) is 0 Å². The van der Waals surface area contributed by atoms with E-state index in [1.54, 1.807) is 0 Å². The third-order valence-corrected chi connectivity index (χ3v) is 16.1. The molecule has 1 aliphatic rings. The molecular weight excluding hydrogens is 925 g/mol. The summed E-state index contributed by atoms with van der Waals surface area (Å²) in [6.45, 7) is 0. The lowest BCUT2D eigenvalue weighted by molar-refractivity contribution is 0.664. The van der Waals surface area contributed by atoms with Crippen molar-refractivity contribution in [2.45, 2.75) is 12.3 Å². The van der Waals surface area contributed by atoms with Crippen LogP contribution in [0.2, 0.25) is 0 Å². The summed E-state index contributed by atoms with van der Waals surface area (Å²) in [6.07, 6.45) is 7.71. The largest absolute Gasteiger partial charge is 0.455 e. The van der Waals surface area contributed by atoms with Crippen molar-refractivity contribution in [3.8, 4) is 44.8 Å². The number of fused-ring (bicyclic) bond motifs is 12. The van der Waals surface area contributed by atoms with Gasteiger partial charge in [-0.2, -0.15) is 0 Å². The Balaban J connectivity index is 0.843. The Labute approximate surface area is 437 Å². The van der Waals surface area contributed by atoms with Crippen LogP contribution >= 0.6 is 0 Å². The Morgan fingerprint density at radius 3 is 1.45 bits per heavy atom. The normalized spacial score (nSPS) is 13.9. The number of hydrogen-bond acceptors (Lipinski definition) is 2. The van der Waals surface area contributed by atoms with Gasteiger partial charge in [-0.1, -0.05) is 188 Å². The zero-order valence-corrected chi connectivity index (χ0v) is 41.3. The maximum Gasteiger partial charge on any atom is 0.143 e. The Kier molecular flexibility index (Phi) is 9.43. The molecular formula is C72H46N2O2. The van der Waals surface area contributed by atoms with Crippen molar-refractivity contribution in [1.29, 1.82) is 0 Å². The van der Waals surface area contributed by atoms with Crippen LogP contribution in [-0.2, 0) is 0 Å². The first-order valence-electron chi connectivity index (χ1n) is 26.2. The summed E-state index contributed by atoms with van der Waals surface area (Å²) >= 11 is 0. The summed E-state index contributed by atoms with van der Waals surface area (Å²) < 4.78 is 18.8. The summed E-state index contributed by atoms with van der Waals surface area (Å²) in [5, 5.41) is 9.39. The van der Waals surface area contributed by atoms with Crippen LogP contribution in [0.1, 0.15) is 23.5 Å². The number of rotatable bonds is 7. The SMILES string of the molecule is C1=CC(c2cccc(-n3c4ccccc4c4ccccc43)c2)CC(c2cc(-c3cccc(-c4cccc(-n5c6ccccc6c6ccccc65)c4)c3)cc3c2oc2c(-c4cccc5c4oc4ccccc45)cccc23)=C1. The van der Waals surface area contributed by atoms with E-state index in [-0.39, 0.29) is 5.92 Å². The second-order valence-corrected chi connectivity index (χ2v) is 20.3. The first kappa shape index (κ1) is 42.6. The fraction of sp³-hybridized carbons (Fsp3) is 0.0278. The molecule has 15 aromatic rings. The van der Waals surface area contributed by atoms with Crippen molar-refractivity contribution in [3.05, 3.63) is 272 Å². The van der Waals surface area contributed by atoms with Gasteiger partial charge in [-0.3, -0.25) is 0 Å². The van der Waals surface area contributed by atoms with E-state index in [1.807, 2.05) is 12.1 Å². The van der Waals surface area contributed by atoms with E-state index in [1.165, 1.54) is 54.7 Å². The topological polar surface area (TPSA) is 36.1 Å². The molecule has 0 spiro atoms. The van der Waals surface area contributed by atoms with E-state index in [9.17, 15) is 0 Å². The van der Waals surface area contributed by atoms with E-state index >= 15 is 0 Å². The van der Waals surface area contributed by atoms with Crippen molar-refractivity contribution in [2.24, 2.45) is 0 Å². The minimum absolute atomic E-state index is 0.141. The highest BCUT2D eigenvalue weighted by atomic mass is 16.3. The number of furan rings is 2. The van der Waals surface area contributed by atoms with Gasteiger partial charge in [-0.15, -0.1) is 0 Å². The predicted octanol–water partition coefficient (Wildman–Crippen LogP) is 19.8. The van der Waals surface area contributed by atoms with Gasteiger partial charge in [0.15, 0.2) is 0 Å². The lowest BCUT2D eigenvalue weighted by Gasteiger charge is -2.21. The highest BCUT2D eigenvalue weighted by Crippen LogP contribution is 2.46. The zero-order valence-electron chi connectivity index (χ0n) is 41.3. The highest BCUT2D eigenvalue weighted by molar-refractivity contribution is 6.17. The van der Waals surface area contributed by atoms with Gasteiger partial charge in [0.25, 0.3) is 0 Å². The van der Waals surface area contributed by atoms with Crippen molar-refractivity contribution in [3.63, 3.8) is 0 Å². The molecule has 4 heteroatoms. The van der Waals surface area contributed by atoms with Crippen LogP contribution in [0.3, 0.4) is 0 Å². The lowest BCUT2D eigenvalue weighted by atomic mass is 9.84. The van der Waals surface area contributed by atoms with Gasteiger partial charge in [0.1, 0.15) is 22.3 Å². The third-order valence-electron chi connectivity index (χ3n) is 16.1. The van der Waals surface area contributed by atoms with E-state index < -0.39 is 0 Å². The Bertz CT molecular complexity index is 4830. The van der Waals surface area contributed by atoms with Crippen LogP contribution in [0.4, 0.5) is 0 Å². The molecule has 4 nitrogen and oxygen atoms in total. The fourth-order valence-electron chi connectivity index (χ4n) is 12.6. The summed E-state index contributed by atoms with van der Waals surface area (Å²) in [6, 6.07) is 88.0. The molecule has 1 aliphatic carbocycles. The van der Waals surface area contributed by atoms with Gasteiger partial charge in [0, 0.05) is 77.1 Å². The molecule has 1 atom stereocenters. The van der Waals surface area contributed by atoms with Crippen LogP contribution in [0.25, 0.3) is 138 Å². The number of aromatic nitrogens is 2. The molecule has 356 valence electrons. The number of benzene rings is 11. The summed E-state index contributed by atoms with van der Waals surface area (Å²) in [5.74, 6) is 0.141. The van der Waals surface area contributed by atoms with E-state index in [0.717, 1.165) is 101 Å². The summed E-state index contributed by atoms with van der Waals surface area (Å²) in [7, 11) is 0. The average molecular weight is 971 g/mol. The van der Waals surface area contributed by atoms with E-state index in [0.29, 0.717) is 0 Å². The minimum atomic E-state index is 0.141. The van der Waals surface area contributed by atoms with Crippen molar-refractivity contribution in [1.82, 2.24) is 9.13 Å². The molecule has 0 radical (unpaired) electrons. The Hall–Kier alpha value is -9.90. The predicted molar refractivity (Wildman–Crippen MR) is 317 cm³/mol. The molecule has 1 unspecified atom stereocenters. The van der Waals surface area contributed by atoms with Crippen LogP contribution in [0, 0.1) is 0 Å². The molecule has 4 aromatic heterocycles. The van der Waals surface area contributed by atoms with Gasteiger partial charge < -0.3 is 18.0 Å². The molecule has 4 heterocycles. The third kappa shape index (κ3) is 6.57. The second kappa shape index (κ2) is 16.8. The maximum absolute atomic E-state index is 7.32. The van der Waals surface area contributed by atoms with E-state index in [2.05, 4.69) is 258 Å². The monoisotopic (exact) mass is 970 g/mol. The van der Waals surface area contributed by atoms with Gasteiger partial charge >= 0.3 is 0 Å². The average Bonchev–Trinajstić information content (AvgIpc) is 4.31. The molecule has 16 rings (SSSR count). The van der Waals surface area contributed by atoms with Crippen LogP contribution in [0.5, 0.6) is 0 Å². The van der Waals surface area contributed by atoms with Crippen LogP contribution < -0.4 is 0 Å². The minimum Gasteiger partial charge on any atom is -0.455 e. The standard InChI is InChI=1S/C72H46N2O2/c1-6-34-65-54(25-1)55-26-2-7-35-66(55)73(65)52-23-13-20-48(41-52)45-17-11-19-47(39-45)51-43-63(72-64(44-51)62-33-16-32-61(71(62)76-72)60-31-15-30-59-58-29-5-10-38-69(58)75-70(59)60)50-22-12-18-46(40-50)49-21-14-24-53(42-49)74-67-36-8-3-27-56(67)57-28-4-9-37-68(57)74/h1-39,41-44,46H,40H2. The molecule has 0 saturated heterocycles. The lowest BCUT2D eigenvalue weighted by Crippen LogP contribution is -2.03. The van der Waals surface area contributed by atoms with Crippen molar-refractivity contribution in [2.75, 3.05) is 0 Å². The highest BCUT2D eigenvalue weighted by Gasteiger charge is 2.24. The van der Waals surface area contributed by atoms with Crippen LogP contribution in [-0.4, -0.2) is 9.13 Å². The van der Waals surface area contributed by atoms with Gasteiger partial charge in [-0.05, 0) is 113 Å². The maximum atomic E-state index is 7.32. The molecule has 0 aliphatic heterocycles. The number of para-hydroxylation sites is 7. The van der Waals surface area contributed by atoms with Crippen molar-refractivity contribution >= 4 is 93.1 Å². The molecule has 11 aromatic carbocycles. The number of allylic oxidation sites excluding steroid dienone is 4. The van der Waals surface area contributed by atoms with Gasteiger partial charge in [0.2, 0.25) is 0 Å². The fourth-order valence-corrected chi connectivity index (χ4v) is 12.6. The van der Waals surface area contributed by atoms with Crippen molar-refractivity contribution < 1.29 is 8.83 Å². The molecule has 76 heavy (non-hydrogen) atoms. The summed E-state index contributed by atoms with van der Waals surface area (Å²) in [5.41, 5.74) is 20.8. The van der Waals surface area contributed by atoms with Gasteiger partial charge in [0.05, 0.1) is 22.1 Å². The molecule has 0 saturated carbocycles. The second-order valence-electron chi connectivity index (χ2n) is 20.3. The Morgan fingerprint density at radius 2 is 0.803 bits per heavy atom. The smallest absolute Gasteiger partial charge is 0.143 e.